The first kappa shape index (κ1) is 7.55. The quantitative estimate of drug-likeness (QED) is 0.652. The maximum atomic E-state index is 12.5. The molecule has 0 bridgehead atoms. The molecule has 56 valence electrons. The molecule has 0 radical (unpaired) electrons. The van der Waals surface area contributed by atoms with Gasteiger partial charge in [0.05, 0.1) is 6.07 Å². The minimum atomic E-state index is -0.298. The van der Waals surface area contributed by atoms with E-state index in [1.807, 2.05) is 6.07 Å². The van der Waals surface area contributed by atoms with E-state index in [-0.39, 0.29) is 12.4 Å². The van der Waals surface area contributed by atoms with Gasteiger partial charge in [-0.1, -0.05) is 6.07 Å². The zero-order valence-corrected chi connectivity index (χ0v) is 5.84. The number of anilines is 1. The number of nitrogens with one attached hydrogen (secondary N) is 1. The third-order valence-corrected chi connectivity index (χ3v) is 1.20. The van der Waals surface area contributed by atoms with Gasteiger partial charge in [0.1, 0.15) is 12.4 Å². The molecule has 0 spiro atoms. The molecule has 0 aliphatic rings. The summed E-state index contributed by atoms with van der Waals surface area (Å²) in [6.45, 7) is 0.198. The van der Waals surface area contributed by atoms with Crippen LogP contribution in [0.2, 0.25) is 0 Å². The summed E-state index contributed by atoms with van der Waals surface area (Å²) in [5.41, 5.74) is 0.631. The molecule has 0 fully saturated rings. The molecule has 0 saturated carbocycles. The molecule has 1 aromatic rings. The second kappa shape index (κ2) is 3.57. The second-order valence-electron chi connectivity index (χ2n) is 2.02. The van der Waals surface area contributed by atoms with Crippen molar-refractivity contribution in [1.82, 2.24) is 0 Å². The van der Waals surface area contributed by atoms with Crippen LogP contribution in [-0.2, 0) is 0 Å². The van der Waals surface area contributed by atoms with Gasteiger partial charge in [-0.3, -0.25) is 0 Å². The van der Waals surface area contributed by atoms with Crippen molar-refractivity contribution in [2.75, 3.05) is 11.9 Å². The lowest BCUT2D eigenvalue weighted by atomic mass is 10.3. The number of rotatable bonds is 2. The Morgan fingerprint density at radius 2 is 2.36 bits per heavy atom. The predicted molar refractivity (Wildman–Crippen MR) is 40.5 cm³/mol. The van der Waals surface area contributed by atoms with Gasteiger partial charge in [0.15, 0.2) is 0 Å². The average Bonchev–Trinajstić information content (AvgIpc) is 2.01. The van der Waals surface area contributed by atoms with E-state index in [2.05, 4.69) is 5.32 Å². The maximum Gasteiger partial charge on any atom is 0.125 e. The SMILES string of the molecule is N#CCNc1cccc(F)c1. The maximum absolute atomic E-state index is 12.5. The van der Waals surface area contributed by atoms with Gasteiger partial charge >= 0.3 is 0 Å². The van der Waals surface area contributed by atoms with Gasteiger partial charge in [0.25, 0.3) is 0 Å². The van der Waals surface area contributed by atoms with Crippen LogP contribution in [-0.4, -0.2) is 6.54 Å². The number of nitrogens with zero attached hydrogens (tertiary/aromatic N) is 1. The molecule has 0 saturated heterocycles. The summed E-state index contributed by atoms with van der Waals surface area (Å²) >= 11 is 0. The number of halogens is 1. The van der Waals surface area contributed by atoms with Crippen molar-refractivity contribution in [1.29, 1.82) is 5.26 Å². The number of hydrogen-bond donors (Lipinski definition) is 1. The minimum absolute atomic E-state index is 0.198. The van der Waals surface area contributed by atoms with Gasteiger partial charge in [-0.2, -0.15) is 5.26 Å². The Hall–Kier alpha value is -1.56. The lowest BCUT2D eigenvalue weighted by molar-refractivity contribution is 0.628. The molecular weight excluding hydrogens is 143 g/mol. The van der Waals surface area contributed by atoms with Gasteiger partial charge < -0.3 is 5.32 Å². The Morgan fingerprint density at radius 1 is 1.55 bits per heavy atom. The van der Waals surface area contributed by atoms with Gasteiger partial charge in [-0.05, 0) is 18.2 Å². The highest BCUT2D eigenvalue weighted by Crippen LogP contribution is 2.07. The Labute approximate surface area is 64.3 Å². The first-order valence-corrected chi connectivity index (χ1v) is 3.19. The standard InChI is InChI=1S/C8H7FN2/c9-7-2-1-3-8(6-7)11-5-4-10/h1-3,6,11H,5H2. The van der Waals surface area contributed by atoms with Gasteiger partial charge in [0, 0.05) is 5.69 Å². The largest absolute Gasteiger partial charge is 0.372 e. The summed E-state index contributed by atoms with van der Waals surface area (Å²) in [6, 6.07) is 7.91. The molecule has 0 aliphatic carbocycles. The third kappa shape index (κ3) is 2.26. The van der Waals surface area contributed by atoms with Gasteiger partial charge in [0.2, 0.25) is 0 Å². The highest BCUT2D eigenvalue weighted by atomic mass is 19.1. The molecule has 0 atom stereocenters. The number of nitriles is 1. The van der Waals surface area contributed by atoms with Gasteiger partial charge in [-0.15, -0.1) is 0 Å². The molecule has 1 aromatic carbocycles. The summed E-state index contributed by atoms with van der Waals surface area (Å²) < 4.78 is 12.5. The topological polar surface area (TPSA) is 35.8 Å². The van der Waals surface area contributed by atoms with E-state index < -0.39 is 0 Å². The zero-order chi connectivity index (χ0) is 8.10. The van der Waals surface area contributed by atoms with Crippen LogP contribution >= 0.6 is 0 Å². The third-order valence-electron chi connectivity index (χ3n) is 1.20. The lowest BCUT2D eigenvalue weighted by Crippen LogP contribution is -1.97. The molecule has 0 aromatic heterocycles. The highest BCUT2D eigenvalue weighted by molar-refractivity contribution is 5.43. The summed E-state index contributed by atoms with van der Waals surface area (Å²) in [6.07, 6.45) is 0. The van der Waals surface area contributed by atoms with Crippen LogP contribution in [0.3, 0.4) is 0 Å². The van der Waals surface area contributed by atoms with Crippen LogP contribution in [0.4, 0.5) is 10.1 Å². The second-order valence-corrected chi connectivity index (χ2v) is 2.02. The summed E-state index contributed by atoms with van der Waals surface area (Å²) in [7, 11) is 0. The van der Waals surface area contributed by atoms with Crippen molar-refractivity contribution in [3.8, 4) is 6.07 Å². The van der Waals surface area contributed by atoms with Crippen molar-refractivity contribution >= 4 is 5.69 Å². The van der Waals surface area contributed by atoms with Crippen LogP contribution in [0, 0.1) is 17.1 Å². The minimum Gasteiger partial charge on any atom is -0.372 e. The lowest BCUT2D eigenvalue weighted by Gasteiger charge is -1.99. The van der Waals surface area contributed by atoms with E-state index in [1.165, 1.54) is 12.1 Å². The monoisotopic (exact) mass is 150 g/mol. The van der Waals surface area contributed by atoms with E-state index in [0.29, 0.717) is 5.69 Å². The molecule has 1 N–H and O–H groups in total. The molecule has 0 aliphatic heterocycles. The van der Waals surface area contributed by atoms with E-state index in [1.54, 1.807) is 12.1 Å². The molecule has 1 rings (SSSR count). The fourth-order valence-corrected chi connectivity index (χ4v) is 0.740. The average molecular weight is 150 g/mol. The molecule has 2 nitrogen and oxygen atoms in total. The van der Waals surface area contributed by atoms with E-state index >= 15 is 0 Å². The Bertz CT molecular complexity index is 278. The Morgan fingerprint density at radius 3 is 3.00 bits per heavy atom. The smallest absolute Gasteiger partial charge is 0.125 e. The van der Waals surface area contributed by atoms with E-state index in [4.69, 9.17) is 5.26 Å². The number of hydrogen-bond acceptors (Lipinski definition) is 2. The van der Waals surface area contributed by atoms with E-state index in [0.717, 1.165) is 0 Å². The first-order chi connectivity index (χ1) is 5.33. The predicted octanol–water partition coefficient (Wildman–Crippen LogP) is 1.76. The van der Waals surface area contributed by atoms with Crippen LogP contribution in [0.1, 0.15) is 0 Å². The van der Waals surface area contributed by atoms with Crippen molar-refractivity contribution in [2.24, 2.45) is 0 Å². The Kier molecular flexibility index (Phi) is 2.45. The van der Waals surface area contributed by atoms with Crippen LogP contribution in [0.15, 0.2) is 24.3 Å². The Balaban J connectivity index is 2.65. The molecule has 3 heteroatoms. The summed E-state index contributed by atoms with van der Waals surface area (Å²) in [5.74, 6) is -0.298. The van der Waals surface area contributed by atoms with Crippen LogP contribution in [0.25, 0.3) is 0 Å². The molecule has 0 heterocycles. The molecule has 0 unspecified atom stereocenters. The molecular formula is C8H7FN2. The first-order valence-electron chi connectivity index (χ1n) is 3.19. The zero-order valence-electron chi connectivity index (χ0n) is 5.84. The summed E-state index contributed by atoms with van der Waals surface area (Å²) in [4.78, 5) is 0. The van der Waals surface area contributed by atoms with Crippen molar-refractivity contribution in [3.63, 3.8) is 0 Å². The molecule has 0 amide bonds. The van der Waals surface area contributed by atoms with E-state index in [9.17, 15) is 4.39 Å². The number of benzene rings is 1. The van der Waals surface area contributed by atoms with Crippen molar-refractivity contribution < 1.29 is 4.39 Å². The molecule has 11 heavy (non-hydrogen) atoms. The fraction of sp³-hybridized carbons (Fsp3) is 0.125. The van der Waals surface area contributed by atoms with Crippen molar-refractivity contribution in [2.45, 2.75) is 0 Å². The van der Waals surface area contributed by atoms with Crippen LogP contribution < -0.4 is 5.32 Å². The summed E-state index contributed by atoms with van der Waals surface area (Å²) in [5, 5.41) is 10.9. The van der Waals surface area contributed by atoms with Crippen LogP contribution in [0.5, 0.6) is 0 Å². The van der Waals surface area contributed by atoms with Crippen molar-refractivity contribution in [3.05, 3.63) is 30.1 Å². The fourth-order valence-electron chi connectivity index (χ4n) is 0.740. The van der Waals surface area contributed by atoms with Gasteiger partial charge in [-0.25, -0.2) is 4.39 Å². The highest BCUT2D eigenvalue weighted by Gasteiger charge is 1.91. The normalized spacial score (nSPS) is 8.73.